The molecule has 2 N–H and O–H groups in total. The first kappa shape index (κ1) is 19.5. The summed E-state index contributed by atoms with van der Waals surface area (Å²) in [6.45, 7) is 4.32. The van der Waals surface area contributed by atoms with Crippen molar-refractivity contribution in [2.75, 3.05) is 13.1 Å². The van der Waals surface area contributed by atoms with Crippen LogP contribution in [-0.4, -0.2) is 33.9 Å². The van der Waals surface area contributed by atoms with Crippen molar-refractivity contribution < 1.29 is 4.79 Å². The second-order valence-electron chi connectivity index (χ2n) is 8.12. The summed E-state index contributed by atoms with van der Waals surface area (Å²) in [5, 5.41) is 1.16. The smallest absolute Gasteiger partial charge is 0.222 e. The molecule has 1 aliphatic heterocycles. The molecular formula is C24H28N4O. The molecule has 150 valence electrons. The van der Waals surface area contributed by atoms with Gasteiger partial charge in [-0.2, -0.15) is 0 Å². The third-order valence-corrected chi connectivity index (χ3v) is 5.91. The summed E-state index contributed by atoms with van der Waals surface area (Å²) in [6.07, 6.45) is 7.77. The lowest BCUT2D eigenvalue weighted by atomic mass is 9.83. The number of fused-ring (bicyclic) bond motifs is 1. The number of pyridine rings is 2. The highest BCUT2D eigenvalue weighted by molar-refractivity contribution is 5.86. The number of rotatable bonds is 5. The number of aromatic nitrogens is 2. The van der Waals surface area contributed by atoms with Crippen molar-refractivity contribution in [1.82, 2.24) is 14.9 Å². The Balaban J connectivity index is 1.53. The number of nitrogens with two attached hydrogens (primary N) is 1. The lowest BCUT2D eigenvalue weighted by Crippen LogP contribution is -2.42. The van der Waals surface area contributed by atoms with E-state index in [9.17, 15) is 4.79 Å². The maximum absolute atomic E-state index is 12.9. The summed E-state index contributed by atoms with van der Waals surface area (Å²) in [7, 11) is 0. The fourth-order valence-corrected chi connectivity index (χ4v) is 4.51. The van der Waals surface area contributed by atoms with Gasteiger partial charge < -0.3 is 10.6 Å². The molecule has 2 aromatic heterocycles. The molecule has 4 rings (SSSR count). The fraction of sp³-hybridized carbons (Fsp3) is 0.375. The summed E-state index contributed by atoms with van der Waals surface area (Å²) in [6, 6.07) is 12.3. The molecular weight excluding hydrogens is 360 g/mol. The van der Waals surface area contributed by atoms with E-state index >= 15 is 0 Å². The van der Waals surface area contributed by atoms with Crippen molar-refractivity contribution >= 4 is 16.8 Å². The average molecular weight is 389 g/mol. The zero-order valence-corrected chi connectivity index (χ0v) is 16.9. The minimum absolute atomic E-state index is 0.228. The third-order valence-electron chi connectivity index (χ3n) is 5.91. The SMILES string of the molecule is C[C@@H]1C[C@H](c2ccc(CN)c3ncccc23)CN(C(=O)CCc2cccnc2)C1. The van der Waals surface area contributed by atoms with Crippen molar-refractivity contribution in [3.05, 3.63) is 71.7 Å². The first-order chi connectivity index (χ1) is 14.2. The van der Waals surface area contributed by atoms with Crippen molar-refractivity contribution in [3.8, 4) is 0 Å². The molecule has 0 aliphatic carbocycles. The van der Waals surface area contributed by atoms with E-state index in [0.717, 1.165) is 48.0 Å². The van der Waals surface area contributed by atoms with Crippen LogP contribution in [0, 0.1) is 5.92 Å². The molecule has 1 aromatic carbocycles. The number of carbonyl (C=O) groups is 1. The Morgan fingerprint density at radius 3 is 2.83 bits per heavy atom. The van der Waals surface area contributed by atoms with Gasteiger partial charge in [-0.15, -0.1) is 0 Å². The average Bonchev–Trinajstić information content (AvgIpc) is 2.77. The number of benzene rings is 1. The number of nitrogens with zero attached hydrogens (tertiary/aromatic N) is 3. The van der Waals surface area contributed by atoms with Gasteiger partial charge in [0.1, 0.15) is 0 Å². The van der Waals surface area contributed by atoms with Gasteiger partial charge in [0, 0.05) is 55.9 Å². The lowest BCUT2D eigenvalue weighted by molar-refractivity contribution is -0.133. The Bertz CT molecular complexity index is 989. The maximum Gasteiger partial charge on any atom is 0.222 e. The van der Waals surface area contributed by atoms with Crippen LogP contribution < -0.4 is 5.73 Å². The second kappa shape index (κ2) is 8.70. The highest BCUT2D eigenvalue weighted by Gasteiger charge is 2.29. The molecule has 1 amide bonds. The molecule has 1 saturated heterocycles. The van der Waals surface area contributed by atoms with Gasteiger partial charge in [-0.25, -0.2) is 0 Å². The van der Waals surface area contributed by atoms with Crippen LogP contribution in [0.2, 0.25) is 0 Å². The number of hydrogen-bond acceptors (Lipinski definition) is 4. The molecule has 1 aliphatic rings. The van der Waals surface area contributed by atoms with Gasteiger partial charge in [0.05, 0.1) is 5.52 Å². The van der Waals surface area contributed by atoms with Crippen LogP contribution in [0.1, 0.15) is 42.4 Å². The van der Waals surface area contributed by atoms with Gasteiger partial charge in [0.2, 0.25) is 5.91 Å². The van der Waals surface area contributed by atoms with Crippen LogP contribution in [0.5, 0.6) is 0 Å². The Morgan fingerprint density at radius 2 is 2.03 bits per heavy atom. The summed E-state index contributed by atoms with van der Waals surface area (Å²) in [5.74, 6) is 1.02. The Kier molecular flexibility index (Phi) is 5.86. The second-order valence-corrected chi connectivity index (χ2v) is 8.12. The minimum atomic E-state index is 0.228. The first-order valence-corrected chi connectivity index (χ1v) is 10.4. The van der Waals surface area contributed by atoms with E-state index in [4.69, 9.17) is 5.73 Å². The topological polar surface area (TPSA) is 72.1 Å². The molecule has 0 spiro atoms. The standard InChI is InChI=1S/C24H28N4O/c1-17-12-20(21-8-7-19(13-25)24-22(21)5-3-11-27-24)16-28(15-17)23(29)9-6-18-4-2-10-26-14-18/h2-5,7-8,10-11,14,17,20H,6,9,12-13,15-16,25H2,1H3/t17-,20+/m1/s1. The number of hydrogen-bond donors (Lipinski definition) is 1. The predicted octanol–water partition coefficient (Wildman–Crippen LogP) is 3.67. The van der Waals surface area contributed by atoms with Gasteiger partial charge in [0.15, 0.2) is 0 Å². The van der Waals surface area contributed by atoms with E-state index in [0.29, 0.717) is 24.8 Å². The van der Waals surface area contributed by atoms with E-state index in [1.807, 2.05) is 35.5 Å². The molecule has 3 heterocycles. The minimum Gasteiger partial charge on any atom is -0.342 e. The van der Waals surface area contributed by atoms with Gasteiger partial charge in [-0.3, -0.25) is 14.8 Å². The molecule has 0 radical (unpaired) electrons. The van der Waals surface area contributed by atoms with Crippen LogP contribution in [0.15, 0.2) is 55.0 Å². The number of carbonyl (C=O) groups excluding carboxylic acids is 1. The van der Waals surface area contributed by atoms with Crippen LogP contribution in [-0.2, 0) is 17.8 Å². The number of likely N-dealkylation sites (tertiary alicyclic amines) is 1. The monoisotopic (exact) mass is 388 g/mol. The van der Waals surface area contributed by atoms with Gasteiger partial charge in [-0.1, -0.05) is 31.2 Å². The van der Waals surface area contributed by atoms with E-state index in [1.165, 1.54) is 5.56 Å². The molecule has 1 fully saturated rings. The largest absolute Gasteiger partial charge is 0.342 e. The Morgan fingerprint density at radius 1 is 1.17 bits per heavy atom. The molecule has 0 unspecified atom stereocenters. The van der Waals surface area contributed by atoms with Crippen LogP contribution in [0.4, 0.5) is 0 Å². The van der Waals surface area contributed by atoms with Crippen molar-refractivity contribution in [3.63, 3.8) is 0 Å². The molecule has 5 heteroatoms. The summed E-state index contributed by atoms with van der Waals surface area (Å²) >= 11 is 0. The fourth-order valence-electron chi connectivity index (χ4n) is 4.51. The highest BCUT2D eigenvalue weighted by atomic mass is 16.2. The van der Waals surface area contributed by atoms with Gasteiger partial charge in [-0.05, 0) is 47.6 Å². The number of amides is 1. The molecule has 0 bridgehead atoms. The normalized spacial score (nSPS) is 19.4. The molecule has 3 aromatic rings. The van der Waals surface area contributed by atoms with Crippen molar-refractivity contribution in [1.29, 1.82) is 0 Å². The van der Waals surface area contributed by atoms with Crippen LogP contribution in [0.3, 0.4) is 0 Å². The van der Waals surface area contributed by atoms with E-state index in [1.54, 1.807) is 6.20 Å². The maximum atomic E-state index is 12.9. The van der Waals surface area contributed by atoms with E-state index < -0.39 is 0 Å². The third kappa shape index (κ3) is 4.30. The quantitative estimate of drug-likeness (QED) is 0.724. The summed E-state index contributed by atoms with van der Waals surface area (Å²) in [4.78, 5) is 23.7. The Labute approximate surface area is 172 Å². The Hall–Kier alpha value is -2.79. The summed E-state index contributed by atoms with van der Waals surface area (Å²) in [5.41, 5.74) is 10.4. The van der Waals surface area contributed by atoms with Gasteiger partial charge in [0.25, 0.3) is 0 Å². The van der Waals surface area contributed by atoms with Gasteiger partial charge >= 0.3 is 0 Å². The summed E-state index contributed by atoms with van der Waals surface area (Å²) < 4.78 is 0. The zero-order valence-electron chi connectivity index (χ0n) is 16.9. The zero-order chi connectivity index (χ0) is 20.2. The van der Waals surface area contributed by atoms with E-state index in [2.05, 4.69) is 35.1 Å². The number of aryl methyl sites for hydroxylation is 1. The predicted molar refractivity (Wildman–Crippen MR) is 115 cm³/mol. The highest BCUT2D eigenvalue weighted by Crippen LogP contribution is 2.35. The first-order valence-electron chi connectivity index (χ1n) is 10.4. The van der Waals surface area contributed by atoms with Crippen molar-refractivity contribution in [2.24, 2.45) is 11.7 Å². The molecule has 0 saturated carbocycles. The molecule has 5 nitrogen and oxygen atoms in total. The molecule has 2 atom stereocenters. The van der Waals surface area contributed by atoms with Crippen LogP contribution >= 0.6 is 0 Å². The van der Waals surface area contributed by atoms with Crippen molar-refractivity contribution in [2.45, 2.75) is 38.6 Å². The lowest BCUT2D eigenvalue weighted by Gasteiger charge is -2.37. The van der Waals surface area contributed by atoms with E-state index in [-0.39, 0.29) is 5.91 Å². The van der Waals surface area contributed by atoms with Crippen LogP contribution in [0.25, 0.3) is 10.9 Å². The molecule has 29 heavy (non-hydrogen) atoms. The number of piperidine rings is 1.